The van der Waals surface area contributed by atoms with Gasteiger partial charge in [-0.25, -0.2) is 0 Å². The van der Waals surface area contributed by atoms with E-state index in [2.05, 4.69) is 0 Å². The van der Waals surface area contributed by atoms with E-state index in [-0.39, 0.29) is 6.42 Å². The Bertz CT molecular complexity index is 322. The predicted octanol–water partition coefficient (Wildman–Crippen LogP) is 2.55. The molecule has 3 nitrogen and oxygen atoms in total. The number of carboxylic acid groups (broad SMARTS) is 1. The first-order chi connectivity index (χ1) is 8.79. The monoisotopic (exact) mass is 249 g/mol. The van der Waals surface area contributed by atoms with Gasteiger partial charge in [0.2, 0.25) is 0 Å². The van der Waals surface area contributed by atoms with Crippen LogP contribution in [0.5, 0.6) is 5.75 Å². The van der Waals surface area contributed by atoms with Crippen molar-refractivity contribution < 1.29 is 14.6 Å². The first-order valence-corrected chi connectivity index (χ1v) is 6.67. The maximum atomic E-state index is 10.2. The number of aliphatic carboxylic acids is 1. The zero-order chi connectivity index (χ0) is 13.1. The van der Waals surface area contributed by atoms with Crippen LogP contribution < -0.4 is 9.84 Å². The summed E-state index contributed by atoms with van der Waals surface area (Å²) in [5.41, 5.74) is 0. The second-order valence-corrected chi connectivity index (χ2v) is 4.40. The van der Waals surface area contributed by atoms with Gasteiger partial charge in [0.1, 0.15) is 5.75 Å². The summed E-state index contributed by atoms with van der Waals surface area (Å²) >= 11 is 0. The van der Waals surface area contributed by atoms with Gasteiger partial charge in [-0.15, -0.1) is 0 Å². The van der Waals surface area contributed by atoms with E-state index in [1.165, 1.54) is 0 Å². The van der Waals surface area contributed by atoms with E-state index in [9.17, 15) is 9.90 Å². The molecule has 100 valence electrons. The minimum atomic E-state index is -0.939. The van der Waals surface area contributed by atoms with E-state index in [0.29, 0.717) is 0 Å². The number of ether oxygens (including phenoxy) is 1. The van der Waals surface area contributed by atoms with Crippen LogP contribution in [0.4, 0.5) is 0 Å². The summed E-state index contributed by atoms with van der Waals surface area (Å²) in [5.74, 6) is -0.0160. The highest BCUT2D eigenvalue weighted by molar-refractivity contribution is 5.63. The van der Waals surface area contributed by atoms with E-state index in [1.807, 2.05) is 30.3 Å². The molecule has 1 aromatic rings. The summed E-state index contributed by atoms with van der Waals surface area (Å²) in [6.45, 7) is 0.753. The minimum Gasteiger partial charge on any atom is -0.550 e. The average molecular weight is 249 g/mol. The minimum absolute atomic E-state index is 0.192. The van der Waals surface area contributed by atoms with Crippen molar-refractivity contribution in [3.05, 3.63) is 30.3 Å². The van der Waals surface area contributed by atoms with Gasteiger partial charge in [0.05, 0.1) is 6.61 Å². The van der Waals surface area contributed by atoms with Crippen molar-refractivity contribution >= 4 is 5.97 Å². The van der Waals surface area contributed by atoms with Crippen LogP contribution in [0.2, 0.25) is 0 Å². The largest absolute Gasteiger partial charge is 0.550 e. The smallest absolute Gasteiger partial charge is 0.119 e. The summed E-state index contributed by atoms with van der Waals surface area (Å²) in [6, 6.07) is 9.82. The Kier molecular flexibility index (Phi) is 7.69. The maximum absolute atomic E-state index is 10.2. The quantitative estimate of drug-likeness (QED) is 0.599. The molecular formula is C15H21O3-. The molecule has 0 unspecified atom stereocenters. The molecule has 0 aliphatic carbocycles. The number of carbonyl (C=O) groups is 1. The standard InChI is InChI=1S/C15H22O3/c16-15(17)12-8-3-1-2-4-9-13-18-14-10-6-5-7-11-14/h5-7,10-11H,1-4,8-9,12-13H2,(H,16,17)/p-1. The molecule has 18 heavy (non-hydrogen) atoms. The molecule has 0 spiro atoms. The molecule has 0 fully saturated rings. The van der Waals surface area contributed by atoms with Gasteiger partial charge in [-0.3, -0.25) is 0 Å². The van der Waals surface area contributed by atoms with Crippen molar-refractivity contribution in [2.45, 2.75) is 44.9 Å². The normalized spacial score (nSPS) is 10.2. The summed E-state index contributed by atoms with van der Waals surface area (Å²) in [4.78, 5) is 10.2. The van der Waals surface area contributed by atoms with Crippen LogP contribution in [0, 0.1) is 0 Å². The Morgan fingerprint density at radius 3 is 2.22 bits per heavy atom. The molecule has 0 aromatic heterocycles. The topological polar surface area (TPSA) is 49.4 Å². The van der Waals surface area contributed by atoms with Gasteiger partial charge in [-0.2, -0.15) is 0 Å². The van der Waals surface area contributed by atoms with Crippen LogP contribution in [0.1, 0.15) is 44.9 Å². The number of unbranched alkanes of at least 4 members (excludes halogenated alkanes) is 5. The van der Waals surface area contributed by atoms with E-state index in [0.717, 1.165) is 50.9 Å². The number of para-hydroxylation sites is 1. The molecule has 0 atom stereocenters. The van der Waals surface area contributed by atoms with Crippen LogP contribution >= 0.6 is 0 Å². The average Bonchev–Trinajstić information content (AvgIpc) is 2.37. The summed E-state index contributed by atoms with van der Waals surface area (Å²) in [7, 11) is 0. The van der Waals surface area contributed by atoms with Crippen molar-refractivity contribution in [1.82, 2.24) is 0 Å². The Morgan fingerprint density at radius 2 is 1.56 bits per heavy atom. The van der Waals surface area contributed by atoms with E-state index < -0.39 is 5.97 Å². The third-order valence-corrected chi connectivity index (χ3v) is 2.79. The number of carboxylic acids is 1. The lowest BCUT2D eigenvalue weighted by Gasteiger charge is -2.05. The zero-order valence-corrected chi connectivity index (χ0v) is 10.8. The molecule has 0 bridgehead atoms. The van der Waals surface area contributed by atoms with Crippen molar-refractivity contribution in [3.8, 4) is 5.75 Å². The molecule has 0 saturated carbocycles. The van der Waals surface area contributed by atoms with Gasteiger partial charge in [0.25, 0.3) is 0 Å². The summed E-state index contributed by atoms with van der Waals surface area (Å²) in [6.07, 6.45) is 6.34. The van der Waals surface area contributed by atoms with Gasteiger partial charge < -0.3 is 14.6 Å². The van der Waals surface area contributed by atoms with Crippen LogP contribution in [0.15, 0.2) is 30.3 Å². The fourth-order valence-electron chi connectivity index (χ4n) is 1.79. The molecule has 0 amide bonds. The van der Waals surface area contributed by atoms with Crippen LogP contribution in [0.3, 0.4) is 0 Å². The Labute approximate surface area is 109 Å². The van der Waals surface area contributed by atoms with E-state index in [1.54, 1.807) is 0 Å². The van der Waals surface area contributed by atoms with Crippen molar-refractivity contribution in [2.75, 3.05) is 6.61 Å². The van der Waals surface area contributed by atoms with Crippen molar-refractivity contribution in [1.29, 1.82) is 0 Å². The van der Waals surface area contributed by atoms with Crippen molar-refractivity contribution in [3.63, 3.8) is 0 Å². The number of rotatable bonds is 10. The molecule has 0 radical (unpaired) electrons. The lowest BCUT2D eigenvalue weighted by atomic mass is 10.1. The Balaban J connectivity index is 1.86. The van der Waals surface area contributed by atoms with Gasteiger partial charge >= 0.3 is 0 Å². The molecule has 1 rings (SSSR count). The molecule has 0 N–H and O–H groups in total. The number of hydrogen-bond donors (Lipinski definition) is 0. The third kappa shape index (κ3) is 7.71. The van der Waals surface area contributed by atoms with Crippen LogP contribution in [-0.4, -0.2) is 12.6 Å². The Morgan fingerprint density at radius 1 is 0.944 bits per heavy atom. The molecule has 1 aromatic carbocycles. The Hall–Kier alpha value is -1.51. The molecule has 0 heterocycles. The molecule has 3 heteroatoms. The molecule has 0 aliphatic rings. The van der Waals surface area contributed by atoms with E-state index >= 15 is 0 Å². The number of hydrogen-bond acceptors (Lipinski definition) is 3. The fraction of sp³-hybridized carbons (Fsp3) is 0.533. The summed E-state index contributed by atoms with van der Waals surface area (Å²) in [5, 5.41) is 10.2. The lowest BCUT2D eigenvalue weighted by molar-refractivity contribution is -0.305. The summed E-state index contributed by atoms with van der Waals surface area (Å²) < 4.78 is 5.58. The SMILES string of the molecule is O=C([O-])CCCCCCCCOc1ccccc1. The first-order valence-electron chi connectivity index (χ1n) is 6.67. The van der Waals surface area contributed by atoms with Gasteiger partial charge in [0.15, 0.2) is 0 Å². The number of benzene rings is 1. The fourth-order valence-corrected chi connectivity index (χ4v) is 1.79. The predicted molar refractivity (Wildman–Crippen MR) is 69.3 cm³/mol. The highest BCUT2D eigenvalue weighted by Gasteiger charge is 1.94. The highest BCUT2D eigenvalue weighted by Crippen LogP contribution is 2.10. The van der Waals surface area contributed by atoms with Gasteiger partial charge in [0, 0.05) is 5.97 Å². The second-order valence-electron chi connectivity index (χ2n) is 4.40. The lowest BCUT2D eigenvalue weighted by Crippen LogP contribution is -2.21. The van der Waals surface area contributed by atoms with Gasteiger partial charge in [-0.1, -0.05) is 43.9 Å². The van der Waals surface area contributed by atoms with Crippen LogP contribution in [-0.2, 0) is 4.79 Å². The van der Waals surface area contributed by atoms with Crippen LogP contribution in [0.25, 0.3) is 0 Å². The molecule has 0 saturated heterocycles. The first kappa shape index (κ1) is 14.6. The van der Waals surface area contributed by atoms with E-state index in [4.69, 9.17) is 4.74 Å². The maximum Gasteiger partial charge on any atom is 0.119 e. The number of carbonyl (C=O) groups excluding carboxylic acids is 1. The van der Waals surface area contributed by atoms with Crippen molar-refractivity contribution in [2.24, 2.45) is 0 Å². The zero-order valence-electron chi connectivity index (χ0n) is 10.8. The second kappa shape index (κ2) is 9.51. The molecule has 0 aliphatic heterocycles. The highest BCUT2D eigenvalue weighted by atomic mass is 16.5. The third-order valence-electron chi connectivity index (χ3n) is 2.79. The van der Waals surface area contributed by atoms with Gasteiger partial charge in [-0.05, 0) is 31.4 Å². The molecular weight excluding hydrogens is 228 g/mol.